The normalized spacial score (nSPS) is 11.7. The molecule has 0 aliphatic carbocycles. The first-order chi connectivity index (χ1) is 8.80. The maximum Gasteiger partial charge on any atom is 0.212 e. The van der Waals surface area contributed by atoms with Gasteiger partial charge in [-0.3, -0.25) is 0 Å². The van der Waals surface area contributed by atoms with E-state index in [1.54, 1.807) is 0 Å². The van der Waals surface area contributed by atoms with Crippen LogP contribution in [0.15, 0.2) is 36.5 Å². The Hall–Kier alpha value is -1.63. The summed E-state index contributed by atoms with van der Waals surface area (Å²) >= 11 is 0. The Kier molecular flexibility index (Phi) is 3.49. The van der Waals surface area contributed by atoms with Crippen molar-refractivity contribution >= 4 is 0 Å². The number of aromatic nitrogens is 1. The summed E-state index contributed by atoms with van der Waals surface area (Å²) in [6, 6.07) is 10.9. The molecule has 1 heterocycles. The SMILES string of the molecule is Cc1ccccc1-c1cc(C)c(C(C)(C)C)c[n+]1C. The topological polar surface area (TPSA) is 3.88 Å². The summed E-state index contributed by atoms with van der Waals surface area (Å²) in [6.07, 6.45) is 2.27. The molecule has 1 aromatic carbocycles. The molecule has 0 bridgehead atoms. The molecular weight excluding hydrogens is 230 g/mol. The number of hydrogen-bond donors (Lipinski definition) is 0. The second-order valence-electron chi connectivity index (χ2n) is 6.43. The molecule has 0 atom stereocenters. The minimum absolute atomic E-state index is 0.187. The lowest BCUT2D eigenvalue weighted by Gasteiger charge is -2.20. The Morgan fingerprint density at radius 2 is 1.58 bits per heavy atom. The van der Waals surface area contributed by atoms with E-state index in [2.05, 4.69) is 82.8 Å². The van der Waals surface area contributed by atoms with Gasteiger partial charge in [-0.2, -0.15) is 0 Å². The maximum atomic E-state index is 2.31. The van der Waals surface area contributed by atoms with Gasteiger partial charge in [-0.25, -0.2) is 4.57 Å². The van der Waals surface area contributed by atoms with Gasteiger partial charge in [0.2, 0.25) is 5.69 Å². The highest BCUT2D eigenvalue weighted by molar-refractivity contribution is 5.61. The third-order valence-corrected chi connectivity index (χ3v) is 3.71. The Labute approximate surface area is 116 Å². The maximum absolute atomic E-state index is 2.31. The van der Waals surface area contributed by atoms with Crippen molar-refractivity contribution in [2.45, 2.75) is 40.0 Å². The molecule has 0 aliphatic rings. The minimum atomic E-state index is 0.187. The van der Waals surface area contributed by atoms with Crippen LogP contribution >= 0.6 is 0 Å². The molecule has 0 saturated carbocycles. The van der Waals surface area contributed by atoms with Crippen LogP contribution in [-0.4, -0.2) is 0 Å². The van der Waals surface area contributed by atoms with E-state index in [9.17, 15) is 0 Å². The Balaban J connectivity index is 2.63. The molecule has 0 aliphatic heterocycles. The Morgan fingerprint density at radius 1 is 0.947 bits per heavy atom. The summed E-state index contributed by atoms with van der Waals surface area (Å²) in [4.78, 5) is 0. The molecule has 2 rings (SSSR count). The van der Waals surface area contributed by atoms with Crippen LogP contribution in [0.1, 0.15) is 37.5 Å². The van der Waals surface area contributed by atoms with Crippen molar-refractivity contribution in [3.63, 3.8) is 0 Å². The monoisotopic (exact) mass is 254 g/mol. The van der Waals surface area contributed by atoms with E-state index in [4.69, 9.17) is 0 Å². The van der Waals surface area contributed by atoms with Gasteiger partial charge in [0.1, 0.15) is 7.05 Å². The second kappa shape index (κ2) is 4.80. The zero-order valence-corrected chi connectivity index (χ0v) is 12.9. The third kappa shape index (κ3) is 2.70. The third-order valence-electron chi connectivity index (χ3n) is 3.71. The highest BCUT2D eigenvalue weighted by Crippen LogP contribution is 2.27. The fourth-order valence-corrected chi connectivity index (χ4v) is 2.66. The highest BCUT2D eigenvalue weighted by atomic mass is 14.9. The fourth-order valence-electron chi connectivity index (χ4n) is 2.66. The second-order valence-corrected chi connectivity index (χ2v) is 6.43. The lowest BCUT2D eigenvalue weighted by atomic mass is 9.84. The van der Waals surface area contributed by atoms with Gasteiger partial charge in [0, 0.05) is 17.2 Å². The molecule has 0 radical (unpaired) electrons. The number of rotatable bonds is 1. The van der Waals surface area contributed by atoms with Crippen LogP contribution in [0.5, 0.6) is 0 Å². The zero-order chi connectivity index (χ0) is 14.2. The minimum Gasteiger partial charge on any atom is -0.201 e. The van der Waals surface area contributed by atoms with Crippen molar-refractivity contribution < 1.29 is 4.57 Å². The number of benzene rings is 1. The van der Waals surface area contributed by atoms with Crippen molar-refractivity contribution in [3.8, 4) is 11.3 Å². The molecule has 0 saturated heterocycles. The lowest BCUT2D eigenvalue weighted by Crippen LogP contribution is -2.34. The van der Waals surface area contributed by atoms with Crippen molar-refractivity contribution in [3.05, 3.63) is 53.2 Å². The molecule has 0 spiro atoms. The van der Waals surface area contributed by atoms with Gasteiger partial charge in [-0.15, -0.1) is 0 Å². The molecule has 0 amide bonds. The van der Waals surface area contributed by atoms with Crippen LogP contribution in [0.2, 0.25) is 0 Å². The lowest BCUT2D eigenvalue weighted by molar-refractivity contribution is -0.661. The number of pyridine rings is 1. The predicted octanol–water partition coefficient (Wildman–Crippen LogP) is 4.09. The molecule has 0 N–H and O–H groups in total. The van der Waals surface area contributed by atoms with Crippen LogP contribution in [0.4, 0.5) is 0 Å². The van der Waals surface area contributed by atoms with Crippen LogP contribution in [0.3, 0.4) is 0 Å². The van der Waals surface area contributed by atoms with Crippen LogP contribution in [0, 0.1) is 13.8 Å². The van der Waals surface area contributed by atoms with E-state index >= 15 is 0 Å². The summed E-state index contributed by atoms with van der Waals surface area (Å²) in [5.74, 6) is 0. The van der Waals surface area contributed by atoms with Crippen LogP contribution < -0.4 is 4.57 Å². The predicted molar refractivity (Wildman–Crippen MR) is 81.2 cm³/mol. The number of hydrogen-bond acceptors (Lipinski definition) is 0. The van der Waals surface area contributed by atoms with Crippen molar-refractivity contribution in [2.24, 2.45) is 7.05 Å². The van der Waals surface area contributed by atoms with E-state index < -0.39 is 0 Å². The average molecular weight is 254 g/mol. The van der Waals surface area contributed by atoms with E-state index in [0.29, 0.717) is 0 Å². The quantitative estimate of drug-likeness (QED) is 0.675. The first-order valence-corrected chi connectivity index (χ1v) is 6.87. The van der Waals surface area contributed by atoms with E-state index in [0.717, 1.165) is 0 Å². The standard InChI is InChI=1S/C18H24N/c1-13-9-7-8-10-15(13)17-11-14(2)16(12-19(17)6)18(3,4)5/h7-12H,1-6H3/q+1. The van der Waals surface area contributed by atoms with Gasteiger partial charge in [0.15, 0.2) is 6.20 Å². The van der Waals surface area contributed by atoms with Crippen LogP contribution in [0.25, 0.3) is 11.3 Å². The molecular formula is C18H24N+. The first-order valence-electron chi connectivity index (χ1n) is 6.87. The van der Waals surface area contributed by atoms with Crippen molar-refractivity contribution in [1.29, 1.82) is 0 Å². The van der Waals surface area contributed by atoms with Gasteiger partial charge in [-0.1, -0.05) is 39.0 Å². The molecule has 1 nitrogen and oxygen atoms in total. The summed E-state index contributed by atoms with van der Waals surface area (Å²) < 4.78 is 2.25. The summed E-state index contributed by atoms with van der Waals surface area (Å²) in [7, 11) is 2.14. The Bertz CT molecular complexity index is 604. The number of aryl methyl sites for hydroxylation is 3. The fraction of sp³-hybridized carbons (Fsp3) is 0.389. The van der Waals surface area contributed by atoms with Gasteiger partial charge in [-0.05, 0) is 36.5 Å². The largest absolute Gasteiger partial charge is 0.212 e. The van der Waals surface area contributed by atoms with E-state index in [-0.39, 0.29) is 5.41 Å². The molecule has 2 aromatic rings. The smallest absolute Gasteiger partial charge is 0.201 e. The van der Waals surface area contributed by atoms with Crippen molar-refractivity contribution in [2.75, 3.05) is 0 Å². The average Bonchev–Trinajstić information content (AvgIpc) is 2.31. The zero-order valence-electron chi connectivity index (χ0n) is 12.9. The molecule has 100 valence electrons. The van der Waals surface area contributed by atoms with Gasteiger partial charge in [0.05, 0.1) is 0 Å². The first kappa shape index (κ1) is 13.8. The van der Waals surface area contributed by atoms with Crippen LogP contribution in [-0.2, 0) is 12.5 Å². The van der Waals surface area contributed by atoms with Gasteiger partial charge < -0.3 is 0 Å². The molecule has 0 unspecified atom stereocenters. The summed E-state index contributed by atoms with van der Waals surface area (Å²) in [5, 5.41) is 0. The molecule has 1 aromatic heterocycles. The summed E-state index contributed by atoms with van der Waals surface area (Å²) in [6.45, 7) is 11.2. The molecule has 1 heteroatoms. The van der Waals surface area contributed by atoms with Gasteiger partial charge in [0.25, 0.3) is 0 Å². The van der Waals surface area contributed by atoms with E-state index in [1.807, 2.05) is 0 Å². The van der Waals surface area contributed by atoms with Gasteiger partial charge >= 0.3 is 0 Å². The summed E-state index contributed by atoms with van der Waals surface area (Å²) in [5.41, 5.74) is 6.88. The highest BCUT2D eigenvalue weighted by Gasteiger charge is 2.22. The molecule has 19 heavy (non-hydrogen) atoms. The van der Waals surface area contributed by atoms with Crippen molar-refractivity contribution in [1.82, 2.24) is 0 Å². The molecule has 0 fully saturated rings. The van der Waals surface area contributed by atoms with E-state index in [1.165, 1.54) is 27.9 Å². The Morgan fingerprint density at radius 3 is 2.16 bits per heavy atom. The number of nitrogens with zero attached hydrogens (tertiary/aromatic N) is 1.